The first-order valence-electron chi connectivity index (χ1n) is 3.48. The number of dihydropyridines is 1. The summed E-state index contributed by atoms with van der Waals surface area (Å²) in [4.78, 5) is 4.19. The number of rotatable bonds is 1. The van der Waals surface area contributed by atoms with E-state index >= 15 is 0 Å². The summed E-state index contributed by atoms with van der Waals surface area (Å²) < 4.78 is 5.11. The maximum Gasteiger partial charge on any atom is 0.153 e. The zero-order valence-corrected chi connectivity index (χ0v) is 6.66. The summed E-state index contributed by atoms with van der Waals surface area (Å²) >= 11 is 0. The van der Waals surface area contributed by atoms with Crippen molar-refractivity contribution in [2.45, 2.75) is 20.1 Å². The zero-order chi connectivity index (χ0) is 7.56. The van der Waals surface area contributed by atoms with Gasteiger partial charge in [0.25, 0.3) is 0 Å². The van der Waals surface area contributed by atoms with Gasteiger partial charge in [0.05, 0.1) is 0 Å². The van der Waals surface area contributed by atoms with Crippen molar-refractivity contribution < 1.29 is 4.74 Å². The summed E-state index contributed by atoms with van der Waals surface area (Å²) in [6.45, 7) is 4.15. The molecule has 0 bridgehead atoms. The minimum Gasteiger partial charge on any atom is -0.359 e. The predicted octanol–water partition coefficient (Wildman–Crippen LogP) is 1.63. The third-order valence-electron chi connectivity index (χ3n) is 1.64. The van der Waals surface area contributed by atoms with Crippen LogP contribution in [0.4, 0.5) is 0 Å². The van der Waals surface area contributed by atoms with Gasteiger partial charge < -0.3 is 4.74 Å². The lowest BCUT2D eigenvalue weighted by Crippen LogP contribution is -2.19. The Morgan fingerprint density at radius 2 is 2.30 bits per heavy atom. The molecule has 0 aliphatic carbocycles. The number of hydrogen-bond acceptors (Lipinski definition) is 2. The second-order valence-corrected chi connectivity index (χ2v) is 2.67. The summed E-state index contributed by atoms with van der Waals surface area (Å²) in [6.07, 6.45) is 4.05. The molecule has 1 aliphatic rings. The Balaban J connectivity index is 2.64. The molecule has 0 saturated heterocycles. The van der Waals surface area contributed by atoms with Gasteiger partial charge in [0, 0.05) is 19.2 Å². The van der Waals surface area contributed by atoms with Crippen LogP contribution in [0.15, 0.2) is 16.6 Å². The fourth-order valence-corrected chi connectivity index (χ4v) is 1.14. The maximum atomic E-state index is 5.11. The van der Waals surface area contributed by atoms with Crippen molar-refractivity contribution in [1.82, 2.24) is 0 Å². The van der Waals surface area contributed by atoms with E-state index in [1.54, 1.807) is 7.11 Å². The molecular formula is C8H13NO. The van der Waals surface area contributed by atoms with E-state index in [9.17, 15) is 0 Å². The molecule has 0 radical (unpaired) electrons. The van der Waals surface area contributed by atoms with E-state index in [1.807, 2.05) is 13.1 Å². The third-order valence-corrected chi connectivity index (χ3v) is 1.64. The SMILES string of the molecule is COC1N=CC(C)=CC1C. The van der Waals surface area contributed by atoms with Gasteiger partial charge in [-0.3, -0.25) is 4.99 Å². The van der Waals surface area contributed by atoms with Crippen molar-refractivity contribution in [3.05, 3.63) is 11.6 Å². The molecule has 1 heterocycles. The van der Waals surface area contributed by atoms with Crippen LogP contribution in [0.3, 0.4) is 0 Å². The molecule has 1 aliphatic heterocycles. The summed E-state index contributed by atoms with van der Waals surface area (Å²) in [5, 5.41) is 0. The van der Waals surface area contributed by atoms with E-state index in [2.05, 4.69) is 18.0 Å². The van der Waals surface area contributed by atoms with Crippen LogP contribution in [0, 0.1) is 5.92 Å². The van der Waals surface area contributed by atoms with Crippen molar-refractivity contribution in [2.75, 3.05) is 7.11 Å². The van der Waals surface area contributed by atoms with Crippen LogP contribution in [0.25, 0.3) is 0 Å². The zero-order valence-electron chi connectivity index (χ0n) is 6.66. The average Bonchev–Trinajstić information content (AvgIpc) is 1.88. The molecule has 2 unspecified atom stereocenters. The molecule has 0 aromatic carbocycles. The van der Waals surface area contributed by atoms with E-state index in [1.165, 1.54) is 5.57 Å². The Labute approximate surface area is 61.6 Å². The first-order chi connectivity index (χ1) is 4.74. The van der Waals surface area contributed by atoms with Crippen LogP contribution in [0.2, 0.25) is 0 Å². The number of nitrogens with zero attached hydrogens (tertiary/aromatic N) is 1. The molecular weight excluding hydrogens is 126 g/mol. The van der Waals surface area contributed by atoms with Crippen LogP contribution in [0.1, 0.15) is 13.8 Å². The smallest absolute Gasteiger partial charge is 0.153 e. The Hall–Kier alpha value is -0.630. The monoisotopic (exact) mass is 139 g/mol. The second-order valence-electron chi connectivity index (χ2n) is 2.67. The Bertz CT molecular complexity index is 172. The summed E-state index contributed by atoms with van der Waals surface area (Å²) in [6, 6.07) is 0. The molecule has 0 fully saturated rings. The highest BCUT2D eigenvalue weighted by Gasteiger charge is 2.14. The molecule has 0 N–H and O–H groups in total. The Kier molecular flexibility index (Phi) is 2.22. The molecule has 0 aromatic heterocycles. The standard InChI is InChI=1S/C8H13NO/c1-6-4-7(2)8(10-3)9-5-6/h4-5,7-8H,1-3H3. The maximum absolute atomic E-state index is 5.11. The average molecular weight is 139 g/mol. The predicted molar refractivity (Wildman–Crippen MR) is 42.2 cm³/mol. The van der Waals surface area contributed by atoms with Crippen molar-refractivity contribution in [3.63, 3.8) is 0 Å². The third kappa shape index (κ3) is 1.45. The lowest BCUT2D eigenvalue weighted by molar-refractivity contribution is 0.0810. The molecule has 2 heteroatoms. The fourth-order valence-electron chi connectivity index (χ4n) is 1.14. The van der Waals surface area contributed by atoms with Gasteiger partial charge in [-0.25, -0.2) is 0 Å². The van der Waals surface area contributed by atoms with Crippen molar-refractivity contribution in [1.29, 1.82) is 0 Å². The molecule has 2 nitrogen and oxygen atoms in total. The highest BCUT2D eigenvalue weighted by molar-refractivity contribution is 5.78. The first-order valence-corrected chi connectivity index (χ1v) is 3.48. The van der Waals surface area contributed by atoms with E-state index in [4.69, 9.17) is 4.74 Å². The number of allylic oxidation sites excluding steroid dienone is 1. The van der Waals surface area contributed by atoms with Gasteiger partial charge >= 0.3 is 0 Å². The van der Waals surface area contributed by atoms with Gasteiger partial charge in [0.2, 0.25) is 0 Å². The van der Waals surface area contributed by atoms with E-state index in [0.717, 1.165) is 0 Å². The topological polar surface area (TPSA) is 21.6 Å². The molecule has 0 aromatic rings. The summed E-state index contributed by atoms with van der Waals surface area (Å²) in [7, 11) is 1.69. The quantitative estimate of drug-likeness (QED) is 0.541. The summed E-state index contributed by atoms with van der Waals surface area (Å²) in [5.74, 6) is 0.412. The largest absolute Gasteiger partial charge is 0.359 e. The molecule has 0 saturated carbocycles. The minimum absolute atomic E-state index is 0.0312. The van der Waals surface area contributed by atoms with Crippen molar-refractivity contribution >= 4 is 6.21 Å². The van der Waals surface area contributed by atoms with Gasteiger partial charge in [-0.2, -0.15) is 0 Å². The van der Waals surface area contributed by atoms with Crippen LogP contribution < -0.4 is 0 Å². The van der Waals surface area contributed by atoms with Crippen LogP contribution >= 0.6 is 0 Å². The Morgan fingerprint density at radius 1 is 1.60 bits per heavy atom. The van der Waals surface area contributed by atoms with Crippen molar-refractivity contribution in [3.8, 4) is 0 Å². The number of aliphatic imine (C=N–C) groups is 1. The second kappa shape index (κ2) is 2.97. The fraction of sp³-hybridized carbons (Fsp3) is 0.625. The normalized spacial score (nSPS) is 32.1. The van der Waals surface area contributed by atoms with Gasteiger partial charge in [-0.15, -0.1) is 0 Å². The molecule has 0 amide bonds. The lowest BCUT2D eigenvalue weighted by Gasteiger charge is -2.19. The molecule has 2 atom stereocenters. The molecule has 10 heavy (non-hydrogen) atoms. The Morgan fingerprint density at radius 3 is 2.80 bits per heavy atom. The van der Waals surface area contributed by atoms with Gasteiger partial charge in [0.15, 0.2) is 6.23 Å². The van der Waals surface area contributed by atoms with Crippen LogP contribution in [-0.2, 0) is 4.74 Å². The van der Waals surface area contributed by atoms with E-state index in [-0.39, 0.29) is 6.23 Å². The molecule has 1 rings (SSSR count). The number of ether oxygens (including phenoxy) is 1. The minimum atomic E-state index is 0.0312. The van der Waals surface area contributed by atoms with Crippen LogP contribution in [0.5, 0.6) is 0 Å². The van der Waals surface area contributed by atoms with E-state index < -0.39 is 0 Å². The molecule has 0 spiro atoms. The van der Waals surface area contributed by atoms with Crippen LogP contribution in [-0.4, -0.2) is 19.6 Å². The first kappa shape index (κ1) is 7.48. The van der Waals surface area contributed by atoms with Gasteiger partial charge in [-0.05, 0) is 12.5 Å². The highest BCUT2D eigenvalue weighted by Crippen LogP contribution is 2.15. The van der Waals surface area contributed by atoms with E-state index in [0.29, 0.717) is 5.92 Å². The van der Waals surface area contributed by atoms with Gasteiger partial charge in [0.1, 0.15) is 0 Å². The lowest BCUT2D eigenvalue weighted by atomic mass is 10.1. The van der Waals surface area contributed by atoms with Crippen molar-refractivity contribution in [2.24, 2.45) is 10.9 Å². The highest BCUT2D eigenvalue weighted by atomic mass is 16.5. The molecule has 56 valence electrons. The number of methoxy groups -OCH3 is 1. The van der Waals surface area contributed by atoms with Gasteiger partial charge in [-0.1, -0.05) is 13.0 Å². The summed E-state index contributed by atoms with van der Waals surface area (Å²) in [5.41, 5.74) is 1.22. The number of hydrogen-bond donors (Lipinski definition) is 0.